The Morgan fingerprint density at radius 1 is 0.848 bits per heavy atom. The van der Waals surface area contributed by atoms with E-state index < -0.39 is 0 Å². The van der Waals surface area contributed by atoms with E-state index in [1.807, 2.05) is 36.4 Å². The third-order valence-corrected chi connectivity index (χ3v) is 6.23. The summed E-state index contributed by atoms with van der Waals surface area (Å²) in [6.45, 7) is 8.87. The van der Waals surface area contributed by atoms with E-state index in [4.69, 9.17) is 4.42 Å². The summed E-state index contributed by atoms with van der Waals surface area (Å²) < 4.78 is 23.7. The summed E-state index contributed by atoms with van der Waals surface area (Å²) >= 11 is 0. The molecule has 0 saturated carbocycles. The van der Waals surface area contributed by atoms with Gasteiger partial charge in [0.05, 0.1) is 11.1 Å². The molecule has 166 valence electrons. The van der Waals surface area contributed by atoms with Crippen molar-refractivity contribution in [1.29, 1.82) is 0 Å². The molecule has 5 aromatic rings. The van der Waals surface area contributed by atoms with Gasteiger partial charge in [-0.1, -0.05) is 63.2 Å². The molecule has 0 aliphatic carbocycles. The van der Waals surface area contributed by atoms with Crippen molar-refractivity contribution in [2.75, 3.05) is 0 Å². The van der Waals surface area contributed by atoms with Crippen molar-refractivity contribution >= 4 is 21.9 Å². The van der Waals surface area contributed by atoms with Crippen molar-refractivity contribution < 1.29 is 13.4 Å². The van der Waals surface area contributed by atoms with Gasteiger partial charge in [-0.25, -0.2) is 8.96 Å². The SMILES string of the molecule is Cc1ccc2c(oc3c(-c4ccccc4)c(F)ccc32)c1-c1cc(CC(C)(C)C)cc[n+]1C. The van der Waals surface area contributed by atoms with Crippen molar-refractivity contribution in [2.24, 2.45) is 12.5 Å². The Morgan fingerprint density at radius 2 is 1.52 bits per heavy atom. The molecule has 2 nitrogen and oxygen atoms in total. The first-order valence-electron chi connectivity index (χ1n) is 11.4. The molecule has 33 heavy (non-hydrogen) atoms. The van der Waals surface area contributed by atoms with Crippen molar-refractivity contribution in [3.63, 3.8) is 0 Å². The molecule has 0 spiro atoms. The lowest BCUT2D eigenvalue weighted by atomic mass is 9.88. The highest BCUT2D eigenvalue weighted by Gasteiger charge is 2.24. The second-order valence-electron chi connectivity index (χ2n) is 10.2. The summed E-state index contributed by atoms with van der Waals surface area (Å²) in [4.78, 5) is 0. The molecule has 5 rings (SSSR count). The Hall–Kier alpha value is -3.46. The molecule has 2 heterocycles. The topological polar surface area (TPSA) is 17.0 Å². The number of halogens is 1. The van der Waals surface area contributed by atoms with Gasteiger partial charge in [0.25, 0.3) is 0 Å². The first-order chi connectivity index (χ1) is 15.7. The first kappa shape index (κ1) is 21.4. The molecule has 3 aromatic carbocycles. The van der Waals surface area contributed by atoms with E-state index in [2.05, 4.69) is 69.8 Å². The van der Waals surface area contributed by atoms with Gasteiger partial charge < -0.3 is 4.42 Å². The van der Waals surface area contributed by atoms with E-state index in [9.17, 15) is 0 Å². The van der Waals surface area contributed by atoms with E-state index in [-0.39, 0.29) is 11.2 Å². The molecule has 0 radical (unpaired) electrons. The van der Waals surface area contributed by atoms with Gasteiger partial charge in [0.1, 0.15) is 24.0 Å². The van der Waals surface area contributed by atoms with Crippen LogP contribution in [0.2, 0.25) is 0 Å². The van der Waals surface area contributed by atoms with Crippen LogP contribution in [0.15, 0.2) is 77.3 Å². The number of hydrogen-bond donors (Lipinski definition) is 0. The number of aromatic nitrogens is 1. The number of benzene rings is 3. The quantitative estimate of drug-likeness (QED) is 0.263. The lowest BCUT2D eigenvalue weighted by Gasteiger charge is -2.18. The molecule has 0 bridgehead atoms. The summed E-state index contributed by atoms with van der Waals surface area (Å²) in [5.74, 6) is -0.274. The van der Waals surface area contributed by atoms with Gasteiger partial charge in [-0.05, 0) is 47.6 Å². The normalized spacial score (nSPS) is 12.1. The molecule has 0 unspecified atom stereocenters. The average Bonchev–Trinajstić information content (AvgIpc) is 3.13. The van der Waals surface area contributed by atoms with E-state index >= 15 is 4.39 Å². The molecule has 0 saturated heterocycles. The smallest absolute Gasteiger partial charge is 0.216 e. The van der Waals surface area contributed by atoms with Crippen molar-refractivity contribution in [2.45, 2.75) is 34.1 Å². The van der Waals surface area contributed by atoms with Crippen LogP contribution in [0.5, 0.6) is 0 Å². The highest BCUT2D eigenvalue weighted by atomic mass is 19.1. The van der Waals surface area contributed by atoms with Gasteiger partial charge in [0.2, 0.25) is 5.69 Å². The van der Waals surface area contributed by atoms with E-state index in [0.717, 1.165) is 45.2 Å². The van der Waals surface area contributed by atoms with Crippen LogP contribution in [0.1, 0.15) is 31.9 Å². The molecule has 0 amide bonds. The summed E-state index contributed by atoms with van der Waals surface area (Å²) in [5.41, 5.74) is 7.50. The van der Waals surface area contributed by atoms with Crippen LogP contribution >= 0.6 is 0 Å². The molecule has 0 fully saturated rings. The maximum absolute atomic E-state index is 15.0. The van der Waals surface area contributed by atoms with Crippen LogP contribution in [-0.2, 0) is 13.5 Å². The van der Waals surface area contributed by atoms with Crippen molar-refractivity contribution in [3.8, 4) is 22.4 Å². The predicted molar refractivity (Wildman–Crippen MR) is 134 cm³/mol. The number of nitrogens with zero attached hydrogens (tertiary/aromatic N) is 1. The second kappa shape index (κ2) is 7.84. The zero-order valence-corrected chi connectivity index (χ0v) is 19.9. The maximum Gasteiger partial charge on any atom is 0.216 e. The molecule has 0 aliphatic rings. The Kier molecular flexibility index (Phi) is 5.08. The lowest BCUT2D eigenvalue weighted by molar-refractivity contribution is -0.660. The molecule has 2 aromatic heterocycles. The number of hydrogen-bond acceptors (Lipinski definition) is 1. The van der Waals surface area contributed by atoms with Crippen LogP contribution in [0.25, 0.3) is 44.3 Å². The van der Waals surface area contributed by atoms with Gasteiger partial charge in [-0.3, -0.25) is 0 Å². The predicted octanol–water partition coefficient (Wildman–Crippen LogP) is 7.78. The van der Waals surface area contributed by atoms with Gasteiger partial charge in [0.15, 0.2) is 6.20 Å². The zero-order chi connectivity index (χ0) is 23.3. The Morgan fingerprint density at radius 3 is 2.21 bits per heavy atom. The Balaban J connectivity index is 1.81. The number of aryl methyl sites for hydroxylation is 2. The monoisotopic (exact) mass is 438 g/mol. The minimum absolute atomic E-state index is 0.194. The number of furan rings is 1. The van der Waals surface area contributed by atoms with Crippen LogP contribution in [0, 0.1) is 18.2 Å². The minimum Gasteiger partial charge on any atom is -0.454 e. The van der Waals surface area contributed by atoms with Gasteiger partial charge in [0, 0.05) is 22.9 Å². The summed E-state index contributed by atoms with van der Waals surface area (Å²) in [7, 11) is 2.06. The Labute approximate surface area is 194 Å². The number of pyridine rings is 1. The molecule has 0 N–H and O–H groups in total. The van der Waals surface area contributed by atoms with E-state index in [0.29, 0.717) is 11.1 Å². The maximum atomic E-state index is 15.0. The Bertz CT molecular complexity index is 1490. The molecular formula is C30H29FNO+. The van der Waals surface area contributed by atoms with Crippen LogP contribution in [0.3, 0.4) is 0 Å². The standard InChI is InChI=1S/C30H29FNO/c1-19-11-12-22-23-13-14-24(31)27(21-9-7-6-8-10-21)29(23)33-28(22)26(19)25-17-20(15-16-32(25)5)18-30(2,3)4/h6-17H,18H2,1-5H3/q+1. The third kappa shape index (κ3) is 3.82. The minimum atomic E-state index is -0.274. The fourth-order valence-electron chi connectivity index (χ4n) is 4.75. The van der Waals surface area contributed by atoms with Crippen LogP contribution in [-0.4, -0.2) is 0 Å². The molecule has 0 atom stereocenters. The van der Waals surface area contributed by atoms with Crippen molar-refractivity contribution in [1.82, 2.24) is 0 Å². The zero-order valence-electron chi connectivity index (χ0n) is 19.9. The van der Waals surface area contributed by atoms with Crippen molar-refractivity contribution in [3.05, 3.63) is 89.9 Å². The van der Waals surface area contributed by atoms with E-state index in [1.165, 1.54) is 5.56 Å². The molecule has 0 aliphatic heterocycles. The van der Waals surface area contributed by atoms with Crippen LogP contribution < -0.4 is 4.57 Å². The second-order valence-corrected chi connectivity index (χ2v) is 10.2. The largest absolute Gasteiger partial charge is 0.454 e. The first-order valence-corrected chi connectivity index (χ1v) is 11.4. The molecular weight excluding hydrogens is 409 g/mol. The highest BCUT2D eigenvalue weighted by Crippen LogP contribution is 2.41. The number of rotatable bonds is 3. The summed E-state index contributed by atoms with van der Waals surface area (Å²) in [5, 5.41) is 1.93. The summed E-state index contributed by atoms with van der Waals surface area (Å²) in [6.07, 6.45) is 3.10. The highest BCUT2D eigenvalue weighted by molar-refractivity contribution is 6.13. The van der Waals surface area contributed by atoms with Gasteiger partial charge in [-0.15, -0.1) is 0 Å². The fraction of sp³-hybridized carbons (Fsp3) is 0.233. The lowest BCUT2D eigenvalue weighted by Crippen LogP contribution is -2.31. The molecule has 3 heteroatoms. The van der Waals surface area contributed by atoms with E-state index in [1.54, 1.807) is 6.07 Å². The average molecular weight is 439 g/mol. The number of fused-ring (bicyclic) bond motifs is 3. The third-order valence-electron chi connectivity index (χ3n) is 6.23. The van der Waals surface area contributed by atoms with Gasteiger partial charge in [-0.2, -0.15) is 0 Å². The fourth-order valence-corrected chi connectivity index (χ4v) is 4.75. The summed E-state index contributed by atoms with van der Waals surface area (Å²) in [6, 6.07) is 21.7. The van der Waals surface area contributed by atoms with Crippen LogP contribution in [0.4, 0.5) is 4.39 Å². The van der Waals surface area contributed by atoms with Gasteiger partial charge >= 0.3 is 0 Å².